The molecule has 0 aliphatic carbocycles. The van der Waals surface area contributed by atoms with E-state index in [2.05, 4.69) is 9.97 Å². The van der Waals surface area contributed by atoms with Crippen molar-refractivity contribution in [2.24, 2.45) is 5.73 Å². The smallest absolute Gasteiger partial charge is 0.345 e. The van der Waals surface area contributed by atoms with Crippen LogP contribution in [0.5, 0.6) is 0 Å². The third-order valence-electron chi connectivity index (χ3n) is 2.77. The van der Waals surface area contributed by atoms with Gasteiger partial charge in [-0.15, -0.1) is 0 Å². The van der Waals surface area contributed by atoms with Crippen LogP contribution in [0.1, 0.15) is 5.56 Å². The molecule has 4 N–H and O–H groups in total. The van der Waals surface area contributed by atoms with Gasteiger partial charge in [0.2, 0.25) is 0 Å². The predicted octanol–water partition coefficient (Wildman–Crippen LogP) is -0.368. The molecule has 0 aromatic carbocycles. The molecule has 10 heteroatoms. The molecule has 0 amide bonds. The van der Waals surface area contributed by atoms with Crippen LogP contribution < -0.4 is 11.4 Å². The lowest BCUT2D eigenvalue weighted by atomic mass is 10.4. The third kappa shape index (κ3) is 8.41. The minimum Gasteiger partial charge on any atom is -0.480 e. The summed E-state index contributed by atoms with van der Waals surface area (Å²) in [5.41, 5.74) is 5.46. The van der Waals surface area contributed by atoms with Crippen LogP contribution in [0.25, 0.3) is 0 Å². The van der Waals surface area contributed by atoms with Crippen LogP contribution in [0.3, 0.4) is 0 Å². The molecule has 9 nitrogen and oxygen atoms in total. The lowest BCUT2D eigenvalue weighted by molar-refractivity contribution is -0.137. The fraction of sp³-hybridized carbons (Fsp3) is 0.643. The van der Waals surface area contributed by atoms with Gasteiger partial charge >= 0.3 is 11.7 Å². The summed E-state index contributed by atoms with van der Waals surface area (Å²) in [4.78, 5) is 28.6. The molecule has 0 saturated carbocycles. The highest BCUT2D eigenvalue weighted by molar-refractivity contribution is 8.00. The molecule has 1 heterocycles. The minimum atomic E-state index is -1.02. The summed E-state index contributed by atoms with van der Waals surface area (Å²) in [5.74, 6) is -1.02. The summed E-state index contributed by atoms with van der Waals surface area (Å²) in [5, 5.41) is 8.88. The van der Waals surface area contributed by atoms with Gasteiger partial charge in [0.05, 0.1) is 44.7 Å². The topological polar surface area (TPSA) is 137 Å². The number of thioether (sulfide) groups is 1. The SMILES string of the molecule is Cc1cnc(=O)[nH]c1SC(COCCOCCOCCN)C(=O)O. The fourth-order valence-corrected chi connectivity index (χ4v) is 2.51. The number of carbonyl (C=O) groups is 1. The molecule has 0 aliphatic rings. The summed E-state index contributed by atoms with van der Waals surface area (Å²) < 4.78 is 15.7. The van der Waals surface area contributed by atoms with Crippen LogP contribution >= 0.6 is 11.8 Å². The Labute approximate surface area is 143 Å². The Morgan fingerprint density at radius 1 is 1.29 bits per heavy atom. The number of carboxylic acid groups (broad SMARTS) is 1. The second-order valence-corrected chi connectivity index (χ2v) is 5.95. The average Bonchev–Trinajstić information content (AvgIpc) is 2.55. The molecule has 1 atom stereocenters. The molecule has 1 rings (SSSR count). The van der Waals surface area contributed by atoms with Crippen molar-refractivity contribution in [3.8, 4) is 0 Å². The number of hydrogen-bond donors (Lipinski definition) is 3. The van der Waals surface area contributed by atoms with Crippen molar-refractivity contribution in [2.75, 3.05) is 46.2 Å². The van der Waals surface area contributed by atoms with Crippen molar-refractivity contribution in [3.05, 3.63) is 22.2 Å². The number of ether oxygens (including phenoxy) is 3. The zero-order valence-corrected chi connectivity index (χ0v) is 14.3. The van der Waals surface area contributed by atoms with Crippen molar-refractivity contribution in [3.63, 3.8) is 0 Å². The van der Waals surface area contributed by atoms with Crippen molar-refractivity contribution < 1.29 is 24.1 Å². The zero-order valence-electron chi connectivity index (χ0n) is 13.5. The van der Waals surface area contributed by atoms with Crippen molar-refractivity contribution in [1.82, 2.24) is 9.97 Å². The second-order valence-electron chi connectivity index (χ2n) is 4.73. The van der Waals surface area contributed by atoms with Crippen molar-refractivity contribution in [1.29, 1.82) is 0 Å². The highest BCUT2D eigenvalue weighted by atomic mass is 32.2. The van der Waals surface area contributed by atoms with Gasteiger partial charge < -0.3 is 30.0 Å². The lowest BCUT2D eigenvalue weighted by Crippen LogP contribution is -2.25. The number of nitrogens with zero attached hydrogens (tertiary/aromatic N) is 1. The highest BCUT2D eigenvalue weighted by Crippen LogP contribution is 2.23. The molecule has 0 saturated heterocycles. The summed E-state index contributed by atoms with van der Waals surface area (Å²) in [6, 6.07) is 0. The monoisotopic (exact) mass is 361 g/mol. The van der Waals surface area contributed by atoms with Gasteiger partial charge in [0.25, 0.3) is 0 Å². The Morgan fingerprint density at radius 3 is 2.54 bits per heavy atom. The molecule has 1 aromatic rings. The lowest BCUT2D eigenvalue weighted by Gasteiger charge is -2.13. The molecule has 1 unspecified atom stereocenters. The summed E-state index contributed by atoms with van der Waals surface area (Å²) in [6.45, 7) is 4.20. The Morgan fingerprint density at radius 2 is 1.92 bits per heavy atom. The van der Waals surface area contributed by atoms with Gasteiger partial charge in [-0.2, -0.15) is 0 Å². The number of rotatable bonds is 13. The number of nitrogens with two attached hydrogens (primary N) is 1. The Bertz CT molecular complexity index is 554. The van der Waals surface area contributed by atoms with Crippen LogP contribution in [0.2, 0.25) is 0 Å². The van der Waals surface area contributed by atoms with E-state index in [0.717, 1.165) is 11.8 Å². The first-order chi connectivity index (χ1) is 11.5. The van der Waals surface area contributed by atoms with Crippen LogP contribution in [-0.2, 0) is 19.0 Å². The largest absolute Gasteiger partial charge is 0.480 e. The number of nitrogens with one attached hydrogen (secondary N) is 1. The van der Waals surface area contributed by atoms with E-state index < -0.39 is 16.9 Å². The average molecular weight is 361 g/mol. The van der Waals surface area contributed by atoms with Crippen LogP contribution in [0, 0.1) is 6.92 Å². The Kier molecular flexibility index (Phi) is 10.3. The molecule has 0 bridgehead atoms. The standard InChI is InChI=1S/C14H23N3O6S/c1-10-8-16-14(20)17-12(10)24-11(13(18)19)9-23-7-6-22-5-4-21-3-2-15/h8,11H,2-7,9,15H2,1H3,(H,18,19)(H,16,17,20). The molecule has 0 fully saturated rings. The van der Waals surface area contributed by atoms with Gasteiger partial charge in [0.1, 0.15) is 5.25 Å². The number of carboxylic acids is 1. The molecule has 0 radical (unpaired) electrons. The van der Waals surface area contributed by atoms with Gasteiger partial charge in [-0.1, -0.05) is 11.8 Å². The first kappa shape index (κ1) is 20.6. The molecular weight excluding hydrogens is 338 g/mol. The summed E-state index contributed by atoms with van der Waals surface area (Å²) in [7, 11) is 0. The number of aromatic nitrogens is 2. The molecule has 0 spiro atoms. The quantitative estimate of drug-likeness (QED) is 0.244. The molecule has 24 heavy (non-hydrogen) atoms. The number of aliphatic carboxylic acids is 1. The summed E-state index contributed by atoms with van der Waals surface area (Å²) >= 11 is 1.02. The number of H-pyrrole nitrogens is 1. The van der Waals surface area contributed by atoms with E-state index in [1.54, 1.807) is 6.92 Å². The Balaban J connectivity index is 2.28. The zero-order chi connectivity index (χ0) is 17.8. The number of hydrogen-bond acceptors (Lipinski definition) is 8. The van der Waals surface area contributed by atoms with E-state index in [0.29, 0.717) is 43.6 Å². The van der Waals surface area contributed by atoms with Gasteiger partial charge in [-0.05, 0) is 12.5 Å². The maximum absolute atomic E-state index is 11.3. The van der Waals surface area contributed by atoms with Gasteiger partial charge in [-0.3, -0.25) is 4.79 Å². The van der Waals surface area contributed by atoms with Crippen molar-refractivity contribution >= 4 is 17.7 Å². The molecule has 1 aromatic heterocycles. The van der Waals surface area contributed by atoms with E-state index in [9.17, 15) is 14.7 Å². The predicted molar refractivity (Wildman–Crippen MR) is 88.4 cm³/mol. The minimum absolute atomic E-state index is 0.00315. The maximum Gasteiger partial charge on any atom is 0.345 e. The van der Waals surface area contributed by atoms with Crippen LogP contribution in [0.4, 0.5) is 0 Å². The van der Waals surface area contributed by atoms with E-state index in [1.807, 2.05) is 0 Å². The second kappa shape index (κ2) is 12.0. The van der Waals surface area contributed by atoms with E-state index in [-0.39, 0.29) is 13.2 Å². The van der Waals surface area contributed by atoms with E-state index in [4.69, 9.17) is 19.9 Å². The number of aromatic amines is 1. The molecule has 0 aliphatic heterocycles. The third-order valence-corrected chi connectivity index (χ3v) is 4.05. The molecule has 136 valence electrons. The van der Waals surface area contributed by atoms with Gasteiger partial charge in [0, 0.05) is 12.7 Å². The first-order valence-corrected chi connectivity index (χ1v) is 8.31. The highest BCUT2D eigenvalue weighted by Gasteiger charge is 2.20. The van der Waals surface area contributed by atoms with Crippen molar-refractivity contribution in [2.45, 2.75) is 17.2 Å². The first-order valence-electron chi connectivity index (χ1n) is 7.43. The fourth-order valence-electron chi connectivity index (χ4n) is 1.58. The Hall–Kier alpha value is -1.46. The normalized spacial score (nSPS) is 12.2. The van der Waals surface area contributed by atoms with Gasteiger partial charge in [-0.25, -0.2) is 9.78 Å². The summed E-state index contributed by atoms with van der Waals surface area (Å²) in [6.07, 6.45) is 1.40. The van der Waals surface area contributed by atoms with E-state index in [1.165, 1.54) is 6.20 Å². The maximum atomic E-state index is 11.3. The number of aryl methyl sites for hydroxylation is 1. The molecular formula is C14H23N3O6S. The van der Waals surface area contributed by atoms with Crippen LogP contribution in [0.15, 0.2) is 16.0 Å². The van der Waals surface area contributed by atoms with Crippen LogP contribution in [-0.4, -0.2) is 72.5 Å². The van der Waals surface area contributed by atoms with Gasteiger partial charge in [0.15, 0.2) is 0 Å². The van der Waals surface area contributed by atoms with E-state index >= 15 is 0 Å².